The van der Waals surface area contributed by atoms with Crippen molar-refractivity contribution in [3.05, 3.63) is 91.2 Å². The highest BCUT2D eigenvalue weighted by molar-refractivity contribution is 5.91. The lowest BCUT2D eigenvalue weighted by Crippen LogP contribution is -2.44. The first-order valence-electron chi connectivity index (χ1n) is 8.63. The zero-order valence-corrected chi connectivity index (χ0v) is 15.6. The normalized spacial score (nSPS) is 18.7. The van der Waals surface area contributed by atoms with Gasteiger partial charge in [-0.25, -0.2) is 4.79 Å². The molecule has 2 N–H and O–H groups in total. The molecule has 1 heterocycles. The van der Waals surface area contributed by atoms with E-state index in [0.717, 1.165) is 0 Å². The first-order valence-corrected chi connectivity index (χ1v) is 8.63. The van der Waals surface area contributed by atoms with Gasteiger partial charge in [0.15, 0.2) is 0 Å². The predicted octanol–water partition coefficient (Wildman–Crippen LogP) is 2.88. The van der Waals surface area contributed by atoms with Gasteiger partial charge in [0, 0.05) is 17.8 Å². The summed E-state index contributed by atoms with van der Waals surface area (Å²) in [6.07, 6.45) is -0.755. The van der Waals surface area contributed by atoms with Crippen molar-refractivity contribution < 1.29 is 19.4 Å². The molecule has 0 fully saturated rings. The largest absolute Gasteiger partial charge is 0.466 e. The monoisotopic (exact) mass is 398 g/mol. The third kappa shape index (κ3) is 3.78. The molecule has 10 nitrogen and oxygen atoms in total. The minimum Gasteiger partial charge on any atom is -0.466 e. The molecule has 0 saturated heterocycles. The molecule has 0 saturated carbocycles. The number of hydrogen-bond acceptors (Lipinski definition) is 8. The van der Waals surface area contributed by atoms with Crippen LogP contribution in [0.5, 0.6) is 0 Å². The van der Waals surface area contributed by atoms with Gasteiger partial charge < -0.3 is 10.1 Å². The fourth-order valence-electron chi connectivity index (χ4n) is 3.39. The molecule has 0 spiro atoms. The molecule has 150 valence electrons. The summed E-state index contributed by atoms with van der Waals surface area (Å²) in [6.45, 7) is 1.62. The Bertz CT molecular complexity index is 1020. The Morgan fingerprint density at radius 3 is 2.03 bits per heavy atom. The maximum absolute atomic E-state index is 12.4. The summed E-state index contributed by atoms with van der Waals surface area (Å²) in [5.41, 5.74) is 0.862. The second kappa shape index (κ2) is 8.07. The van der Waals surface area contributed by atoms with Gasteiger partial charge in [-0.05, 0) is 13.0 Å². The highest BCUT2D eigenvalue weighted by Crippen LogP contribution is 2.37. The number of methoxy groups -OCH3 is 1. The first-order chi connectivity index (χ1) is 13.8. The lowest BCUT2D eigenvalue weighted by Gasteiger charge is -2.34. The molecule has 0 aliphatic carbocycles. The van der Waals surface area contributed by atoms with Gasteiger partial charge in [-0.3, -0.25) is 25.5 Å². The number of para-hydroxylation sites is 2. The summed E-state index contributed by atoms with van der Waals surface area (Å²) in [7, 11) is 1.22. The van der Waals surface area contributed by atoms with E-state index in [1.807, 2.05) is 0 Å². The van der Waals surface area contributed by atoms with Gasteiger partial charge in [-0.15, -0.1) is 0 Å². The van der Waals surface area contributed by atoms with E-state index in [9.17, 15) is 25.0 Å². The Hall–Kier alpha value is -3.79. The topological polar surface area (TPSA) is 137 Å². The van der Waals surface area contributed by atoms with E-state index in [-0.39, 0.29) is 22.5 Å². The summed E-state index contributed by atoms with van der Waals surface area (Å²) in [6, 6.07) is 11.3. The Labute approximate surface area is 165 Å². The van der Waals surface area contributed by atoms with E-state index in [1.165, 1.54) is 31.4 Å². The van der Waals surface area contributed by atoms with Crippen molar-refractivity contribution >= 4 is 17.3 Å². The Kier molecular flexibility index (Phi) is 5.55. The van der Waals surface area contributed by atoms with Gasteiger partial charge in [0.05, 0.1) is 39.7 Å². The van der Waals surface area contributed by atoms with E-state index in [0.29, 0.717) is 11.3 Å². The van der Waals surface area contributed by atoms with Gasteiger partial charge in [0.25, 0.3) is 11.4 Å². The number of nitro groups is 2. The van der Waals surface area contributed by atoms with E-state index in [2.05, 4.69) is 10.6 Å². The maximum atomic E-state index is 12.4. The first kappa shape index (κ1) is 20.0. The quantitative estimate of drug-likeness (QED) is 0.446. The molecule has 0 amide bonds. The number of ether oxygens (including phenoxy) is 1. The molecule has 2 aromatic rings. The standard InChI is InChI=1S/C19H18N4O6/c1-11-16(19(24)29-2)17(12-7-3-5-9-14(12)22(25)26)21-18(20-11)13-8-4-6-10-15(13)23(27)28/h3-10,17-18,20-21H,1-2H3/t17-,18-/m1/s1. The van der Waals surface area contributed by atoms with E-state index in [1.54, 1.807) is 31.2 Å². The van der Waals surface area contributed by atoms with Gasteiger partial charge in [0.2, 0.25) is 0 Å². The number of nitrogens with one attached hydrogen (secondary N) is 2. The molecular formula is C19H18N4O6. The second-order valence-electron chi connectivity index (χ2n) is 6.34. The third-order valence-corrected chi connectivity index (χ3v) is 4.68. The third-order valence-electron chi connectivity index (χ3n) is 4.68. The van der Waals surface area contributed by atoms with Crippen LogP contribution in [0, 0.1) is 20.2 Å². The van der Waals surface area contributed by atoms with Crippen LogP contribution in [-0.4, -0.2) is 22.9 Å². The molecule has 0 aromatic heterocycles. The Morgan fingerprint density at radius 1 is 0.966 bits per heavy atom. The number of allylic oxidation sites excluding steroid dienone is 1. The van der Waals surface area contributed by atoms with E-state index < -0.39 is 28.0 Å². The molecule has 10 heteroatoms. The van der Waals surface area contributed by atoms with Crippen LogP contribution in [0.4, 0.5) is 11.4 Å². The smallest absolute Gasteiger partial charge is 0.337 e. The lowest BCUT2D eigenvalue weighted by atomic mass is 9.92. The molecule has 1 aliphatic rings. The van der Waals surface area contributed by atoms with Gasteiger partial charge in [-0.1, -0.05) is 30.3 Å². The van der Waals surface area contributed by atoms with Crippen molar-refractivity contribution in [2.45, 2.75) is 19.1 Å². The lowest BCUT2D eigenvalue weighted by molar-refractivity contribution is -0.386. The maximum Gasteiger partial charge on any atom is 0.337 e. The minimum atomic E-state index is -0.907. The number of benzene rings is 2. The van der Waals surface area contributed by atoms with Crippen molar-refractivity contribution in [3.63, 3.8) is 0 Å². The Morgan fingerprint density at radius 2 is 1.48 bits per heavy atom. The minimum absolute atomic E-state index is 0.117. The summed E-state index contributed by atoms with van der Waals surface area (Å²) < 4.78 is 4.86. The van der Waals surface area contributed by atoms with Crippen molar-refractivity contribution in [2.24, 2.45) is 0 Å². The van der Waals surface area contributed by atoms with Crippen LogP contribution in [0.25, 0.3) is 0 Å². The van der Waals surface area contributed by atoms with Crippen molar-refractivity contribution in [1.82, 2.24) is 10.6 Å². The number of esters is 1. The summed E-state index contributed by atoms with van der Waals surface area (Å²) in [4.78, 5) is 34.3. The molecule has 3 rings (SSSR count). The Balaban J connectivity index is 2.16. The summed E-state index contributed by atoms with van der Waals surface area (Å²) in [5, 5.41) is 29.1. The number of rotatable bonds is 5. The van der Waals surface area contributed by atoms with E-state index in [4.69, 9.17) is 4.74 Å². The van der Waals surface area contributed by atoms with Crippen molar-refractivity contribution in [3.8, 4) is 0 Å². The average Bonchev–Trinajstić information content (AvgIpc) is 2.72. The van der Waals surface area contributed by atoms with Gasteiger partial charge in [-0.2, -0.15) is 0 Å². The fourth-order valence-corrected chi connectivity index (χ4v) is 3.39. The molecule has 1 aliphatic heterocycles. The fraction of sp³-hybridized carbons (Fsp3) is 0.211. The van der Waals surface area contributed by atoms with Crippen LogP contribution >= 0.6 is 0 Å². The van der Waals surface area contributed by atoms with E-state index >= 15 is 0 Å². The highest BCUT2D eigenvalue weighted by atomic mass is 16.6. The molecule has 2 atom stereocenters. The zero-order chi connectivity index (χ0) is 21.1. The number of hydrogen-bond donors (Lipinski definition) is 2. The van der Waals surface area contributed by atoms with Crippen LogP contribution in [0.1, 0.15) is 30.3 Å². The van der Waals surface area contributed by atoms with Gasteiger partial charge in [0.1, 0.15) is 6.17 Å². The SMILES string of the molecule is COC(=O)C1=C(C)N[C@@H](c2ccccc2[N+](=O)[O-])N[C@@H]1c1ccccc1[N+](=O)[O-]. The van der Waals surface area contributed by atoms with Crippen molar-refractivity contribution in [1.29, 1.82) is 0 Å². The van der Waals surface area contributed by atoms with Crippen LogP contribution in [0.2, 0.25) is 0 Å². The number of nitro benzene ring substituents is 2. The van der Waals surface area contributed by atoms with Crippen LogP contribution < -0.4 is 10.6 Å². The molecule has 0 bridgehead atoms. The molecule has 0 unspecified atom stereocenters. The molecule has 29 heavy (non-hydrogen) atoms. The van der Waals surface area contributed by atoms with Crippen LogP contribution in [0.3, 0.4) is 0 Å². The molecule has 0 radical (unpaired) electrons. The zero-order valence-electron chi connectivity index (χ0n) is 15.6. The number of carbonyl (C=O) groups is 1. The van der Waals surface area contributed by atoms with Crippen LogP contribution in [0.15, 0.2) is 59.8 Å². The summed E-state index contributed by atoms with van der Waals surface area (Å²) >= 11 is 0. The highest BCUT2D eigenvalue weighted by Gasteiger charge is 2.37. The predicted molar refractivity (Wildman–Crippen MR) is 103 cm³/mol. The molecular weight excluding hydrogens is 380 g/mol. The number of nitrogens with zero attached hydrogens (tertiary/aromatic N) is 2. The summed E-state index contributed by atoms with van der Waals surface area (Å²) in [5.74, 6) is -0.660. The number of carbonyl (C=O) groups excluding carboxylic acids is 1. The second-order valence-corrected chi connectivity index (χ2v) is 6.34. The molecule has 2 aromatic carbocycles. The van der Waals surface area contributed by atoms with Crippen LogP contribution in [-0.2, 0) is 9.53 Å². The average molecular weight is 398 g/mol. The van der Waals surface area contributed by atoms with Crippen molar-refractivity contribution in [2.75, 3.05) is 7.11 Å². The van der Waals surface area contributed by atoms with Gasteiger partial charge >= 0.3 is 5.97 Å².